The number of carbonyl (C=O) groups excluding carboxylic acids is 1. The zero-order valence-electron chi connectivity index (χ0n) is 10.7. The Morgan fingerprint density at radius 1 is 1.53 bits per heavy atom. The van der Waals surface area contributed by atoms with E-state index in [4.69, 9.17) is 5.73 Å². The molecule has 0 bridgehead atoms. The number of hydrogen-bond donors (Lipinski definition) is 2. The van der Waals surface area contributed by atoms with E-state index in [-0.39, 0.29) is 17.2 Å². The van der Waals surface area contributed by atoms with Crippen LogP contribution < -0.4 is 16.6 Å². The summed E-state index contributed by atoms with van der Waals surface area (Å²) in [5, 5.41) is 2.66. The summed E-state index contributed by atoms with van der Waals surface area (Å²) >= 11 is 0. The number of rotatable bonds is 4. The van der Waals surface area contributed by atoms with Gasteiger partial charge in [0.15, 0.2) is 0 Å². The highest BCUT2D eigenvalue weighted by Crippen LogP contribution is 1.97. The number of aromatic nitrogens is 2. The van der Waals surface area contributed by atoms with Crippen molar-refractivity contribution in [3.05, 3.63) is 46.5 Å². The molecule has 2 aromatic rings. The second kappa shape index (κ2) is 5.62. The summed E-state index contributed by atoms with van der Waals surface area (Å²) < 4.78 is 1.35. The number of nitrogens with zero attached hydrogens (tertiary/aromatic N) is 2. The van der Waals surface area contributed by atoms with Gasteiger partial charge in [-0.3, -0.25) is 14.0 Å². The van der Waals surface area contributed by atoms with E-state index >= 15 is 0 Å². The molecule has 6 heteroatoms. The summed E-state index contributed by atoms with van der Waals surface area (Å²) in [7, 11) is 0. The van der Waals surface area contributed by atoms with Crippen LogP contribution in [0.3, 0.4) is 0 Å². The van der Waals surface area contributed by atoms with Crippen molar-refractivity contribution in [3.8, 4) is 0 Å². The van der Waals surface area contributed by atoms with Crippen LogP contribution in [-0.4, -0.2) is 27.9 Å². The van der Waals surface area contributed by atoms with Gasteiger partial charge in [0.25, 0.3) is 11.5 Å². The molecule has 2 rings (SSSR count). The molecular formula is C13H16N4O2. The third-order valence-corrected chi connectivity index (χ3v) is 2.74. The Labute approximate surface area is 110 Å². The van der Waals surface area contributed by atoms with E-state index in [1.165, 1.54) is 10.6 Å². The summed E-state index contributed by atoms with van der Waals surface area (Å²) in [4.78, 5) is 28.1. The lowest BCUT2D eigenvalue weighted by atomic mass is 10.2. The summed E-state index contributed by atoms with van der Waals surface area (Å²) in [5.41, 5.74) is 5.77. The Bertz CT molecular complexity index is 648. The number of hydrogen-bond acceptors (Lipinski definition) is 4. The minimum absolute atomic E-state index is 0.0103. The lowest BCUT2D eigenvalue weighted by Crippen LogP contribution is -2.33. The zero-order valence-corrected chi connectivity index (χ0v) is 10.7. The molecule has 0 aliphatic heterocycles. The third-order valence-electron chi connectivity index (χ3n) is 2.74. The zero-order chi connectivity index (χ0) is 13.8. The number of fused-ring (bicyclic) bond motifs is 1. The van der Waals surface area contributed by atoms with Crippen LogP contribution in [0.25, 0.3) is 5.65 Å². The molecule has 0 saturated heterocycles. The van der Waals surface area contributed by atoms with Crippen LogP contribution in [0.1, 0.15) is 23.7 Å². The molecule has 2 heterocycles. The normalized spacial score (nSPS) is 12.3. The fraction of sp³-hybridized carbons (Fsp3) is 0.308. The highest BCUT2D eigenvalue weighted by Gasteiger charge is 2.12. The third kappa shape index (κ3) is 2.97. The monoisotopic (exact) mass is 260 g/mol. The molecule has 1 atom stereocenters. The van der Waals surface area contributed by atoms with Crippen molar-refractivity contribution in [2.45, 2.75) is 19.4 Å². The summed E-state index contributed by atoms with van der Waals surface area (Å²) in [6, 6.07) is 5.22. The minimum Gasteiger partial charge on any atom is -0.352 e. The van der Waals surface area contributed by atoms with Gasteiger partial charge in [-0.15, -0.1) is 0 Å². The van der Waals surface area contributed by atoms with Gasteiger partial charge >= 0.3 is 0 Å². The van der Waals surface area contributed by atoms with Gasteiger partial charge in [0.1, 0.15) is 11.2 Å². The van der Waals surface area contributed by atoms with E-state index in [1.54, 1.807) is 24.4 Å². The van der Waals surface area contributed by atoms with Crippen molar-refractivity contribution in [2.75, 3.05) is 6.54 Å². The van der Waals surface area contributed by atoms with E-state index in [9.17, 15) is 9.59 Å². The van der Waals surface area contributed by atoms with Crippen molar-refractivity contribution in [1.82, 2.24) is 14.7 Å². The molecule has 19 heavy (non-hydrogen) atoms. The maximum atomic E-state index is 12.1. The van der Waals surface area contributed by atoms with E-state index < -0.39 is 5.91 Å². The molecule has 0 aliphatic carbocycles. The van der Waals surface area contributed by atoms with E-state index in [1.807, 2.05) is 6.92 Å². The van der Waals surface area contributed by atoms with Gasteiger partial charge in [0.05, 0.1) is 0 Å². The van der Waals surface area contributed by atoms with E-state index in [2.05, 4.69) is 10.3 Å². The molecule has 1 amide bonds. The lowest BCUT2D eigenvalue weighted by molar-refractivity contribution is 0.0951. The minimum atomic E-state index is -0.420. The molecule has 0 aliphatic rings. The van der Waals surface area contributed by atoms with Crippen molar-refractivity contribution in [2.24, 2.45) is 5.73 Å². The van der Waals surface area contributed by atoms with Crippen molar-refractivity contribution < 1.29 is 4.79 Å². The average Bonchev–Trinajstić information content (AvgIpc) is 2.39. The second-order valence-electron chi connectivity index (χ2n) is 4.43. The number of nitrogens with two attached hydrogens (primary N) is 1. The van der Waals surface area contributed by atoms with Crippen LogP contribution in [0.2, 0.25) is 0 Å². The highest BCUT2D eigenvalue weighted by molar-refractivity contribution is 5.93. The first kappa shape index (κ1) is 13.2. The molecule has 1 unspecified atom stereocenters. The Morgan fingerprint density at radius 2 is 2.32 bits per heavy atom. The first-order valence-electron chi connectivity index (χ1n) is 6.10. The highest BCUT2D eigenvalue weighted by atomic mass is 16.2. The fourth-order valence-electron chi connectivity index (χ4n) is 1.69. The Balaban J connectivity index is 2.23. The van der Waals surface area contributed by atoms with Gasteiger partial charge in [-0.2, -0.15) is 0 Å². The van der Waals surface area contributed by atoms with Crippen molar-refractivity contribution in [3.63, 3.8) is 0 Å². The van der Waals surface area contributed by atoms with Crippen molar-refractivity contribution in [1.29, 1.82) is 0 Å². The molecule has 2 aromatic heterocycles. The Hall–Kier alpha value is -2.21. The SMILES string of the molecule is CC(N)CCNC(=O)c1cnc2ccccn2c1=O. The predicted molar refractivity (Wildman–Crippen MR) is 72.1 cm³/mol. The van der Waals surface area contributed by atoms with Crippen LogP contribution in [0.5, 0.6) is 0 Å². The van der Waals surface area contributed by atoms with Gasteiger partial charge in [-0.25, -0.2) is 4.98 Å². The number of pyridine rings is 1. The van der Waals surface area contributed by atoms with Gasteiger partial charge in [-0.1, -0.05) is 6.07 Å². The molecule has 0 fully saturated rings. The maximum Gasteiger partial charge on any atom is 0.270 e. The van der Waals surface area contributed by atoms with E-state index in [0.29, 0.717) is 18.6 Å². The Kier molecular flexibility index (Phi) is 3.91. The number of carbonyl (C=O) groups is 1. The smallest absolute Gasteiger partial charge is 0.270 e. The van der Waals surface area contributed by atoms with Crippen molar-refractivity contribution >= 4 is 11.6 Å². The number of nitrogens with one attached hydrogen (secondary N) is 1. The van der Waals surface area contributed by atoms with Crippen LogP contribution in [0.4, 0.5) is 0 Å². The Morgan fingerprint density at radius 3 is 3.05 bits per heavy atom. The molecule has 3 N–H and O–H groups in total. The lowest BCUT2D eigenvalue weighted by Gasteiger charge is -2.07. The first-order chi connectivity index (χ1) is 9.09. The van der Waals surface area contributed by atoms with Gasteiger partial charge < -0.3 is 11.1 Å². The van der Waals surface area contributed by atoms with Crippen LogP contribution >= 0.6 is 0 Å². The number of amides is 1. The molecule has 0 spiro atoms. The molecule has 6 nitrogen and oxygen atoms in total. The predicted octanol–water partition coefficient (Wildman–Crippen LogP) is 0.162. The average molecular weight is 260 g/mol. The summed E-state index contributed by atoms with van der Waals surface area (Å²) in [6.45, 7) is 2.30. The van der Waals surface area contributed by atoms with Crippen LogP contribution in [-0.2, 0) is 0 Å². The molecule has 100 valence electrons. The standard InChI is InChI=1S/C13H16N4O2/c1-9(14)5-6-15-12(18)10-8-16-11-4-2-3-7-17(11)13(10)19/h2-4,7-9H,5-6,14H2,1H3,(H,15,18). The van der Waals surface area contributed by atoms with Gasteiger partial charge in [-0.05, 0) is 25.5 Å². The quantitative estimate of drug-likeness (QED) is 0.819. The van der Waals surface area contributed by atoms with Gasteiger partial charge in [0, 0.05) is 25.0 Å². The van der Waals surface area contributed by atoms with Gasteiger partial charge in [0.2, 0.25) is 0 Å². The second-order valence-corrected chi connectivity index (χ2v) is 4.43. The maximum absolute atomic E-state index is 12.1. The van der Waals surface area contributed by atoms with Crippen LogP contribution in [0.15, 0.2) is 35.4 Å². The summed E-state index contributed by atoms with van der Waals surface area (Å²) in [6.07, 6.45) is 3.55. The topological polar surface area (TPSA) is 89.5 Å². The molecule has 0 saturated carbocycles. The first-order valence-corrected chi connectivity index (χ1v) is 6.10. The van der Waals surface area contributed by atoms with Crippen LogP contribution in [0, 0.1) is 0 Å². The molecule has 0 radical (unpaired) electrons. The largest absolute Gasteiger partial charge is 0.352 e. The molecule has 0 aromatic carbocycles. The molecular weight excluding hydrogens is 244 g/mol. The fourth-order valence-corrected chi connectivity index (χ4v) is 1.69. The van der Waals surface area contributed by atoms with E-state index in [0.717, 1.165) is 0 Å². The summed E-state index contributed by atoms with van der Waals surface area (Å²) in [5.74, 6) is -0.420.